The highest BCUT2D eigenvalue weighted by Crippen LogP contribution is 2.46. The molecule has 35 heavy (non-hydrogen) atoms. The van der Waals surface area contributed by atoms with Gasteiger partial charge in [-0.1, -0.05) is 15.9 Å². The summed E-state index contributed by atoms with van der Waals surface area (Å²) in [4.78, 5) is 53.1. The average Bonchev–Trinajstić information content (AvgIpc) is 3.14. The van der Waals surface area contributed by atoms with Gasteiger partial charge in [-0.15, -0.1) is 0 Å². The van der Waals surface area contributed by atoms with E-state index in [0.717, 1.165) is 4.47 Å². The first-order valence-corrected chi connectivity index (χ1v) is 11.3. The first-order valence-electron chi connectivity index (χ1n) is 10.5. The minimum Gasteiger partial charge on any atom is -0.497 e. The Morgan fingerprint density at radius 3 is 2.23 bits per heavy atom. The Labute approximate surface area is 207 Å². The smallest absolute Gasteiger partial charge is 0.343 e. The third-order valence-electron chi connectivity index (χ3n) is 5.99. The molecule has 0 saturated carbocycles. The summed E-state index contributed by atoms with van der Waals surface area (Å²) in [6, 6.07) is 10.7. The zero-order valence-corrected chi connectivity index (χ0v) is 20.3. The van der Waals surface area contributed by atoms with Crippen LogP contribution >= 0.6 is 15.9 Å². The van der Waals surface area contributed by atoms with Crippen molar-refractivity contribution >= 4 is 39.4 Å². The van der Waals surface area contributed by atoms with Crippen molar-refractivity contribution in [3.05, 3.63) is 85.9 Å². The third kappa shape index (κ3) is 3.50. The van der Waals surface area contributed by atoms with Crippen LogP contribution in [-0.2, 0) is 4.74 Å². The molecule has 0 fully saturated rings. The van der Waals surface area contributed by atoms with Gasteiger partial charge in [-0.05, 0) is 43.3 Å². The van der Waals surface area contributed by atoms with Gasteiger partial charge in [-0.25, -0.2) is 9.59 Å². The Balaban J connectivity index is 1.75. The Kier molecular flexibility index (Phi) is 5.44. The first-order chi connectivity index (χ1) is 16.7. The fraction of sp³-hybridized carbons (Fsp3) is 0.154. The lowest BCUT2D eigenvalue weighted by Gasteiger charge is -2.23. The number of hydrogen-bond donors (Lipinski definition) is 0. The zero-order chi connectivity index (χ0) is 25.0. The molecule has 0 aromatic heterocycles. The van der Waals surface area contributed by atoms with E-state index in [9.17, 15) is 19.2 Å². The first kappa shape index (κ1) is 22.8. The van der Waals surface area contributed by atoms with Gasteiger partial charge in [0.15, 0.2) is 11.5 Å². The fourth-order valence-electron chi connectivity index (χ4n) is 4.29. The number of esters is 2. The van der Waals surface area contributed by atoms with Crippen LogP contribution < -0.4 is 14.2 Å². The van der Waals surface area contributed by atoms with Gasteiger partial charge >= 0.3 is 11.9 Å². The number of ether oxygens (including phenoxy) is 4. The lowest BCUT2D eigenvalue weighted by Crippen LogP contribution is -2.25. The summed E-state index contributed by atoms with van der Waals surface area (Å²) in [6.07, 6.45) is -0.697. The molecule has 8 nitrogen and oxygen atoms in total. The predicted octanol–water partition coefficient (Wildman–Crippen LogP) is 4.69. The Hall–Kier alpha value is -3.98. The molecule has 1 heterocycles. The molecule has 1 aliphatic carbocycles. The Bertz CT molecular complexity index is 1460. The van der Waals surface area contributed by atoms with Crippen molar-refractivity contribution in [1.82, 2.24) is 0 Å². The van der Waals surface area contributed by atoms with Gasteiger partial charge in [-0.3, -0.25) is 9.59 Å². The lowest BCUT2D eigenvalue weighted by molar-refractivity contribution is 0.0420. The SMILES string of the molecule is COc1cc(OC)c2c(c1)C(=O)c1cc3c(c(OC(=O)c4ccc(Br)cc4)c1C2=O)C(=O)O[C@@H]3C. The molecular formula is C26H17BrO8. The van der Waals surface area contributed by atoms with Gasteiger partial charge < -0.3 is 18.9 Å². The van der Waals surface area contributed by atoms with Crippen LogP contribution in [0.5, 0.6) is 17.2 Å². The summed E-state index contributed by atoms with van der Waals surface area (Å²) in [6.45, 7) is 1.63. The maximum absolute atomic E-state index is 13.8. The molecule has 0 N–H and O–H groups in total. The van der Waals surface area contributed by atoms with E-state index in [4.69, 9.17) is 18.9 Å². The van der Waals surface area contributed by atoms with E-state index < -0.39 is 29.6 Å². The minimum absolute atomic E-state index is 0.000289. The average molecular weight is 537 g/mol. The Morgan fingerprint density at radius 2 is 1.57 bits per heavy atom. The predicted molar refractivity (Wildman–Crippen MR) is 126 cm³/mol. The second kappa shape index (κ2) is 8.35. The monoisotopic (exact) mass is 536 g/mol. The molecule has 0 bridgehead atoms. The van der Waals surface area contributed by atoms with Gasteiger partial charge in [0.25, 0.3) is 0 Å². The number of fused-ring (bicyclic) bond motifs is 3. The summed E-state index contributed by atoms with van der Waals surface area (Å²) in [5.41, 5.74) is 0.372. The number of halogens is 1. The summed E-state index contributed by atoms with van der Waals surface area (Å²) in [5, 5.41) is 0. The molecule has 5 rings (SSSR count). The molecular weight excluding hydrogens is 520 g/mol. The summed E-state index contributed by atoms with van der Waals surface area (Å²) < 4.78 is 22.3. The minimum atomic E-state index is -0.798. The molecule has 9 heteroatoms. The number of rotatable bonds is 4. The summed E-state index contributed by atoms with van der Waals surface area (Å²) >= 11 is 3.30. The van der Waals surface area contributed by atoms with Crippen LogP contribution in [0.15, 0.2) is 46.9 Å². The number of hydrogen-bond acceptors (Lipinski definition) is 8. The van der Waals surface area contributed by atoms with Gasteiger partial charge in [0.2, 0.25) is 5.78 Å². The van der Waals surface area contributed by atoms with E-state index >= 15 is 0 Å². The van der Waals surface area contributed by atoms with Crippen LogP contribution in [0.3, 0.4) is 0 Å². The van der Waals surface area contributed by atoms with Crippen molar-refractivity contribution in [3.63, 3.8) is 0 Å². The van der Waals surface area contributed by atoms with E-state index in [1.807, 2.05) is 0 Å². The van der Waals surface area contributed by atoms with E-state index in [1.165, 1.54) is 44.6 Å². The van der Waals surface area contributed by atoms with Crippen molar-refractivity contribution in [2.24, 2.45) is 0 Å². The number of ketones is 2. The van der Waals surface area contributed by atoms with Crippen molar-refractivity contribution in [2.75, 3.05) is 14.2 Å². The highest BCUT2D eigenvalue weighted by Gasteiger charge is 2.43. The van der Waals surface area contributed by atoms with Crippen molar-refractivity contribution < 1.29 is 38.1 Å². The molecule has 176 valence electrons. The summed E-state index contributed by atoms with van der Waals surface area (Å²) in [5.74, 6) is -2.52. The van der Waals surface area contributed by atoms with Gasteiger partial charge in [-0.2, -0.15) is 0 Å². The van der Waals surface area contributed by atoms with Crippen LogP contribution in [0.2, 0.25) is 0 Å². The number of carbonyl (C=O) groups is 4. The molecule has 0 unspecified atom stereocenters. The van der Waals surface area contributed by atoms with Crippen LogP contribution in [0.1, 0.15) is 71.2 Å². The molecule has 3 aromatic rings. The molecule has 0 radical (unpaired) electrons. The van der Waals surface area contributed by atoms with Crippen LogP contribution in [0, 0.1) is 0 Å². The molecule has 0 amide bonds. The van der Waals surface area contributed by atoms with Crippen molar-refractivity contribution in [2.45, 2.75) is 13.0 Å². The number of methoxy groups -OCH3 is 2. The van der Waals surface area contributed by atoms with E-state index in [1.54, 1.807) is 19.1 Å². The quantitative estimate of drug-likeness (QED) is 0.273. The van der Waals surface area contributed by atoms with E-state index in [2.05, 4.69) is 15.9 Å². The number of carbonyl (C=O) groups excluding carboxylic acids is 4. The van der Waals surface area contributed by atoms with E-state index in [-0.39, 0.29) is 44.9 Å². The van der Waals surface area contributed by atoms with Crippen molar-refractivity contribution in [3.8, 4) is 17.2 Å². The highest BCUT2D eigenvalue weighted by atomic mass is 79.9. The Morgan fingerprint density at radius 1 is 0.886 bits per heavy atom. The molecule has 1 aliphatic heterocycles. The summed E-state index contributed by atoms with van der Waals surface area (Å²) in [7, 11) is 2.79. The van der Waals surface area contributed by atoms with Gasteiger partial charge in [0.1, 0.15) is 23.2 Å². The molecule has 2 aliphatic rings. The van der Waals surface area contributed by atoms with Crippen LogP contribution in [0.25, 0.3) is 0 Å². The molecule has 1 atom stereocenters. The van der Waals surface area contributed by atoms with Crippen molar-refractivity contribution in [1.29, 1.82) is 0 Å². The molecule has 0 saturated heterocycles. The zero-order valence-electron chi connectivity index (χ0n) is 18.8. The second-order valence-corrected chi connectivity index (χ2v) is 8.86. The maximum atomic E-state index is 13.8. The number of benzene rings is 3. The third-order valence-corrected chi connectivity index (χ3v) is 6.52. The maximum Gasteiger partial charge on any atom is 0.343 e. The van der Waals surface area contributed by atoms with Gasteiger partial charge in [0, 0.05) is 27.2 Å². The normalized spacial score (nSPS) is 15.7. The molecule has 3 aromatic carbocycles. The number of cyclic esters (lactones) is 1. The van der Waals surface area contributed by atoms with Crippen LogP contribution in [0.4, 0.5) is 0 Å². The van der Waals surface area contributed by atoms with E-state index in [0.29, 0.717) is 11.3 Å². The van der Waals surface area contributed by atoms with Crippen LogP contribution in [-0.4, -0.2) is 37.7 Å². The van der Waals surface area contributed by atoms with Gasteiger partial charge in [0.05, 0.1) is 30.9 Å². The topological polar surface area (TPSA) is 105 Å². The highest BCUT2D eigenvalue weighted by molar-refractivity contribution is 9.10. The largest absolute Gasteiger partial charge is 0.497 e. The fourth-order valence-corrected chi connectivity index (χ4v) is 4.55. The second-order valence-electron chi connectivity index (χ2n) is 7.95. The standard InChI is InChI=1S/C26H17BrO8/c1-11-15-10-17-20(23(29)19-16(22(17)28)8-14(32-2)9-18(19)33-3)24(21(15)26(31)34-11)35-25(30)12-4-6-13(27)7-5-12/h4-11H,1-3H3/t11-/m1/s1. The molecule has 0 spiro atoms. The lowest BCUT2D eigenvalue weighted by atomic mass is 9.80.